The van der Waals surface area contributed by atoms with E-state index < -0.39 is 0 Å². The lowest BCUT2D eigenvalue weighted by Gasteiger charge is -2.08. The zero-order chi connectivity index (χ0) is 20.9. The maximum atomic E-state index is 13.2. The van der Waals surface area contributed by atoms with Gasteiger partial charge in [0.2, 0.25) is 5.78 Å². The molecule has 0 fully saturated rings. The molecule has 3 heterocycles. The highest BCUT2D eigenvalue weighted by Gasteiger charge is 2.23. The Morgan fingerprint density at radius 1 is 1.03 bits per heavy atom. The zero-order valence-electron chi connectivity index (χ0n) is 17.4. The van der Waals surface area contributed by atoms with Gasteiger partial charge in [-0.25, -0.2) is 4.79 Å². The monoisotopic (exact) mass is 395 g/mol. The Hall–Kier alpha value is -3.13. The molecule has 0 atom stereocenters. The maximum Gasteiger partial charge on any atom is 0.332 e. The molecule has 4 rings (SSSR count). The molecule has 152 valence electrons. The first-order chi connectivity index (χ1) is 13.9. The average molecular weight is 395 g/mol. The normalized spacial score (nSPS) is 11.8. The van der Waals surface area contributed by atoms with Crippen molar-refractivity contribution in [1.29, 1.82) is 0 Å². The van der Waals surface area contributed by atoms with Crippen molar-refractivity contribution in [2.75, 3.05) is 13.2 Å². The van der Waals surface area contributed by atoms with Crippen molar-refractivity contribution in [3.05, 3.63) is 62.1 Å². The fourth-order valence-electron chi connectivity index (χ4n) is 3.75. The average Bonchev–Trinajstić information content (AvgIpc) is 3.20. The van der Waals surface area contributed by atoms with Gasteiger partial charge in [-0.15, -0.1) is 0 Å². The number of aromatic nitrogens is 5. The first kappa shape index (κ1) is 19.2. The fourth-order valence-corrected chi connectivity index (χ4v) is 3.75. The number of hydrogen-bond donors (Lipinski definition) is 0. The number of fused-ring (bicyclic) bond motifs is 3. The highest BCUT2D eigenvalue weighted by atomic mass is 16.5. The molecule has 29 heavy (non-hydrogen) atoms. The summed E-state index contributed by atoms with van der Waals surface area (Å²) in [5, 5.41) is 0. The molecular weight excluding hydrogens is 370 g/mol. The van der Waals surface area contributed by atoms with Crippen LogP contribution < -0.4 is 11.2 Å². The van der Waals surface area contributed by atoms with E-state index in [1.54, 1.807) is 7.05 Å². The predicted molar refractivity (Wildman–Crippen MR) is 112 cm³/mol. The Labute approximate surface area is 167 Å². The minimum atomic E-state index is -0.390. The van der Waals surface area contributed by atoms with Gasteiger partial charge in [0.05, 0.1) is 13.2 Å². The van der Waals surface area contributed by atoms with E-state index in [1.807, 2.05) is 60.9 Å². The Bertz CT molecular complexity index is 1340. The fraction of sp³-hybridized carbons (Fsp3) is 0.381. The molecule has 0 N–H and O–H groups in total. The molecule has 8 heteroatoms. The third-order valence-corrected chi connectivity index (χ3v) is 5.47. The summed E-state index contributed by atoms with van der Waals surface area (Å²) in [6, 6.07) is 8.14. The van der Waals surface area contributed by atoms with Crippen LogP contribution in [0.25, 0.3) is 22.6 Å². The predicted octanol–water partition coefficient (Wildman–Crippen LogP) is 2.10. The lowest BCUT2D eigenvalue weighted by atomic mass is 10.2. The van der Waals surface area contributed by atoms with E-state index in [4.69, 9.17) is 9.72 Å². The van der Waals surface area contributed by atoms with Gasteiger partial charge in [-0.2, -0.15) is 4.98 Å². The molecule has 0 aliphatic rings. The standard InChI is InChI=1S/C21H25N5O3/c1-6-29-12-11-24-19(27)17-18(23(5)21(24)28)22-20-25(14(3)15(4)26(17)20)16-9-7-13(2)8-10-16/h7-10H,6,11-12H2,1-5H3. The minimum absolute atomic E-state index is 0.208. The van der Waals surface area contributed by atoms with E-state index in [2.05, 4.69) is 0 Å². The van der Waals surface area contributed by atoms with Crippen molar-refractivity contribution in [1.82, 2.24) is 23.1 Å². The van der Waals surface area contributed by atoms with Gasteiger partial charge in [-0.05, 0) is 39.8 Å². The number of nitrogens with zero attached hydrogens (tertiary/aromatic N) is 5. The zero-order valence-corrected chi connectivity index (χ0v) is 17.4. The number of imidazole rings is 2. The summed E-state index contributed by atoms with van der Waals surface area (Å²) in [4.78, 5) is 30.7. The Morgan fingerprint density at radius 2 is 1.72 bits per heavy atom. The molecule has 0 saturated heterocycles. The quantitative estimate of drug-likeness (QED) is 0.485. The van der Waals surface area contributed by atoms with Crippen LogP contribution in [0.1, 0.15) is 23.9 Å². The Balaban J connectivity index is 2.06. The third-order valence-electron chi connectivity index (χ3n) is 5.47. The first-order valence-corrected chi connectivity index (χ1v) is 9.71. The van der Waals surface area contributed by atoms with E-state index in [0.717, 1.165) is 17.1 Å². The first-order valence-electron chi connectivity index (χ1n) is 9.71. The molecule has 4 aromatic rings. The second kappa shape index (κ2) is 7.04. The topological polar surface area (TPSA) is 75.5 Å². The largest absolute Gasteiger partial charge is 0.380 e. The highest BCUT2D eigenvalue weighted by molar-refractivity contribution is 5.77. The number of aryl methyl sites for hydroxylation is 3. The van der Waals surface area contributed by atoms with Crippen LogP contribution in [0.2, 0.25) is 0 Å². The number of benzene rings is 1. The molecule has 0 unspecified atom stereocenters. The lowest BCUT2D eigenvalue weighted by molar-refractivity contribution is 0.137. The second-order valence-electron chi connectivity index (χ2n) is 7.26. The molecule has 0 amide bonds. The van der Waals surface area contributed by atoms with Gasteiger partial charge < -0.3 is 4.74 Å². The second-order valence-corrected chi connectivity index (χ2v) is 7.26. The smallest absolute Gasteiger partial charge is 0.332 e. The van der Waals surface area contributed by atoms with Crippen molar-refractivity contribution in [3.8, 4) is 5.69 Å². The highest BCUT2D eigenvalue weighted by Crippen LogP contribution is 2.24. The van der Waals surface area contributed by atoms with Gasteiger partial charge >= 0.3 is 5.69 Å². The summed E-state index contributed by atoms with van der Waals surface area (Å²) < 4.78 is 11.9. The summed E-state index contributed by atoms with van der Waals surface area (Å²) in [5.74, 6) is 0.619. The lowest BCUT2D eigenvalue weighted by Crippen LogP contribution is -2.40. The van der Waals surface area contributed by atoms with Crippen molar-refractivity contribution in [3.63, 3.8) is 0 Å². The van der Waals surface area contributed by atoms with Crippen LogP contribution >= 0.6 is 0 Å². The number of rotatable bonds is 5. The van der Waals surface area contributed by atoms with Gasteiger partial charge in [0.1, 0.15) is 0 Å². The van der Waals surface area contributed by atoms with E-state index >= 15 is 0 Å². The summed E-state index contributed by atoms with van der Waals surface area (Å²) in [5.41, 5.74) is 4.08. The summed E-state index contributed by atoms with van der Waals surface area (Å²) in [6.07, 6.45) is 0. The van der Waals surface area contributed by atoms with E-state index in [0.29, 0.717) is 30.2 Å². The van der Waals surface area contributed by atoms with E-state index in [9.17, 15) is 9.59 Å². The molecule has 0 spiro atoms. The minimum Gasteiger partial charge on any atom is -0.380 e. The Kier molecular flexibility index (Phi) is 4.66. The molecule has 0 aliphatic heterocycles. The third kappa shape index (κ3) is 2.82. The SMILES string of the molecule is CCOCCn1c(=O)c2c(nc3n(-c4ccc(C)cc4)c(C)c(C)n23)n(C)c1=O. The van der Waals surface area contributed by atoms with Gasteiger partial charge in [-0.1, -0.05) is 17.7 Å². The van der Waals surface area contributed by atoms with E-state index in [-0.39, 0.29) is 17.8 Å². The number of hydrogen-bond acceptors (Lipinski definition) is 4. The van der Waals surface area contributed by atoms with Gasteiger partial charge in [0.15, 0.2) is 11.2 Å². The van der Waals surface area contributed by atoms with Crippen molar-refractivity contribution >= 4 is 16.9 Å². The molecular formula is C21H25N5O3. The maximum absolute atomic E-state index is 13.2. The van der Waals surface area contributed by atoms with Crippen molar-refractivity contribution in [2.45, 2.75) is 34.2 Å². The van der Waals surface area contributed by atoms with E-state index in [1.165, 1.54) is 14.7 Å². The van der Waals surface area contributed by atoms with Crippen LogP contribution in [0.4, 0.5) is 0 Å². The van der Waals surface area contributed by atoms with Crippen molar-refractivity contribution in [2.24, 2.45) is 7.05 Å². The van der Waals surface area contributed by atoms with Crippen LogP contribution in [-0.4, -0.2) is 36.3 Å². The van der Waals surface area contributed by atoms with Gasteiger partial charge in [0.25, 0.3) is 5.56 Å². The van der Waals surface area contributed by atoms with Crippen LogP contribution in [0, 0.1) is 20.8 Å². The molecule has 0 radical (unpaired) electrons. The van der Waals surface area contributed by atoms with Gasteiger partial charge in [0, 0.05) is 30.7 Å². The van der Waals surface area contributed by atoms with Crippen LogP contribution in [0.3, 0.4) is 0 Å². The summed E-state index contributed by atoms with van der Waals surface area (Å²) in [6.45, 7) is 8.93. The molecule has 0 bridgehead atoms. The molecule has 0 saturated carbocycles. The van der Waals surface area contributed by atoms with Crippen LogP contribution in [0.5, 0.6) is 0 Å². The summed E-state index contributed by atoms with van der Waals surface area (Å²) >= 11 is 0. The van der Waals surface area contributed by atoms with Crippen LogP contribution in [0.15, 0.2) is 33.9 Å². The van der Waals surface area contributed by atoms with Gasteiger partial charge in [-0.3, -0.25) is 22.9 Å². The van der Waals surface area contributed by atoms with Crippen molar-refractivity contribution < 1.29 is 4.74 Å². The Morgan fingerprint density at radius 3 is 2.38 bits per heavy atom. The molecule has 3 aromatic heterocycles. The summed E-state index contributed by atoms with van der Waals surface area (Å²) in [7, 11) is 1.64. The molecule has 8 nitrogen and oxygen atoms in total. The molecule has 0 aliphatic carbocycles. The van der Waals surface area contributed by atoms with Crippen LogP contribution in [-0.2, 0) is 18.3 Å². The molecule has 1 aromatic carbocycles. The number of ether oxygens (including phenoxy) is 1.